The molecular formula is C12H19N3O2. The molecule has 1 aromatic heterocycles. The molecule has 0 radical (unpaired) electrons. The first-order chi connectivity index (χ1) is 7.99. The molecule has 1 fully saturated rings. The molecule has 2 heterocycles. The zero-order chi connectivity index (χ0) is 12.6. The number of nitrogens with zero attached hydrogens (tertiary/aromatic N) is 3. The van der Waals surface area contributed by atoms with E-state index in [1.54, 1.807) is 4.90 Å². The molecule has 0 saturated carbocycles. The van der Waals surface area contributed by atoms with Crippen LogP contribution in [0.15, 0.2) is 0 Å². The Hall–Kier alpha value is -1.36. The van der Waals surface area contributed by atoms with Gasteiger partial charge in [0.1, 0.15) is 0 Å². The molecule has 0 unspecified atom stereocenters. The molecule has 1 aromatic rings. The maximum absolute atomic E-state index is 11.8. The molecule has 17 heavy (non-hydrogen) atoms. The molecule has 5 heteroatoms. The van der Waals surface area contributed by atoms with Crippen molar-refractivity contribution in [3.8, 4) is 0 Å². The smallest absolute Gasteiger partial charge is 0.223 e. The summed E-state index contributed by atoms with van der Waals surface area (Å²) < 4.78 is 1.85. The SMILES string of the molecule is Cc1nn(C)c(C)c1CCC(=O)N1CC(O)C1. The molecule has 1 aliphatic heterocycles. The Labute approximate surface area is 101 Å². The molecule has 5 nitrogen and oxygen atoms in total. The van der Waals surface area contributed by atoms with Gasteiger partial charge < -0.3 is 10.0 Å². The Morgan fingerprint density at radius 3 is 2.59 bits per heavy atom. The summed E-state index contributed by atoms with van der Waals surface area (Å²) in [6.45, 7) is 4.97. The van der Waals surface area contributed by atoms with Gasteiger partial charge in [-0.15, -0.1) is 0 Å². The molecule has 2 rings (SSSR count). The van der Waals surface area contributed by atoms with E-state index in [-0.39, 0.29) is 12.0 Å². The van der Waals surface area contributed by atoms with Gasteiger partial charge in [0, 0.05) is 32.3 Å². The van der Waals surface area contributed by atoms with Gasteiger partial charge in [-0.1, -0.05) is 0 Å². The number of carbonyl (C=O) groups is 1. The number of β-amino-alcohol motifs (C(OH)–C–C–N with tert-alkyl or cyclic N) is 1. The predicted octanol–water partition coefficient (Wildman–Crippen LogP) is 0.173. The van der Waals surface area contributed by atoms with Gasteiger partial charge in [-0.25, -0.2) is 0 Å². The highest BCUT2D eigenvalue weighted by Gasteiger charge is 2.28. The highest BCUT2D eigenvalue weighted by atomic mass is 16.3. The van der Waals surface area contributed by atoms with Gasteiger partial charge >= 0.3 is 0 Å². The third-order valence-corrected chi connectivity index (χ3v) is 3.46. The number of aromatic nitrogens is 2. The van der Waals surface area contributed by atoms with Gasteiger partial charge in [0.05, 0.1) is 11.8 Å². The Morgan fingerprint density at radius 1 is 1.47 bits per heavy atom. The third kappa shape index (κ3) is 2.34. The second-order valence-corrected chi connectivity index (χ2v) is 4.73. The average molecular weight is 237 g/mol. The molecule has 1 saturated heterocycles. The van der Waals surface area contributed by atoms with E-state index in [1.807, 2.05) is 25.6 Å². The summed E-state index contributed by atoms with van der Waals surface area (Å²) in [6.07, 6.45) is 0.914. The zero-order valence-electron chi connectivity index (χ0n) is 10.6. The van der Waals surface area contributed by atoms with E-state index >= 15 is 0 Å². The van der Waals surface area contributed by atoms with Crippen LogP contribution in [0.3, 0.4) is 0 Å². The van der Waals surface area contributed by atoms with E-state index in [1.165, 1.54) is 5.56 Å². The monoisotopic (exact) mass is 237 g/mol. The van der Waals surface area contributed by atoms with Crippen LogP contribution in [0.25, 0.3) is 0 Å². The van der Waals surface area contributed by atoms with Crippen molar-refractivity contribution >= 4 is 5.91 Å². The molecule has 1 aliphatic rings. The number of hydrogen-bond acceptors (Lipinski definition) is 3. The van der Waals surface area contributed by atoms with Crippen molar-refractivity contribution in [2.45, 2.75) is 32.8 Å². The van der Waals surface area contributed by atoms with Crippen LogP contribution in [-0.4, -0.2) is 44.9 Å². The minimum absolute atomic E-state index is 0.123. The van der Waals surface area contributed by atoms with E-state index in [2.05, 4.69) is 5.10 Å². The Kier molecular flexibility index (Phi) is 3.19. The lowest BCUT2D eigenvalue weighted by atomic mass is 10.1. The van der Waals surface area contributed by atoms with Crippen molar-refractivity contribution in [1.82, 2.24) is 14.7 Å². The van der Waals surface area contributed by atoms with E-state index in [9.17, 15) is 4.79 Å². The van der Waals surface area contributed by atoms with Crippen LogP contribution in [0.2, 0.25) is 0 Å². The summed E-state index contributed by atoms with van der Waals surface area (Å²) in [7, 11) is 1.92. The fourth-order valence-corrected chi connectivity index (χ4v) is 2.23. The largest absolute Gasteiger partial charge is 0.389 e. The zero-order valence-corrected chi connectivity index (χ0v) is 10.6. The molecule has 0 spiro atoms. The number of aliphatic hydroxyl groups is 1. The van der Waals surface area contributed by atoms with Crippen LogP contribution < -0.4 is 0 Å². The van der Waals surface area contributed by atoms with Crippen molar-refractivity contribution in [1.29, 1.82) is 0 Å². The summed E-state index contributed by atoms with van der Waals surface area (Å²) in [4.78, 5) is 13.5. The summed E-state index contributed by atoms with van der Waals surface area (Å²) in [6, 6.07) is 0. The van der Waals surface area contributed by atoms with E-state index in [0.717, 1.165) is 17.8 Å². The lowest BCUT2D eigenvalue weighted by Crippen LogP contribution is -2.53. The van der Waals surface area contributed by atoms with Gasteiger partial charge in [-0.3, -0.25) is 9.48 Å². The summed E-state index contributed by atoms with van der Waals surface area (Å²) in [5.41, 5.74) is 3.29. The number of carbonyl (C=O) groups excluding carboxylic acids is 1. The molecule has 0 atom stereocenters. The van der Waals surface area contributed by atoms with Gasteiger partial charge in [0.2, 0.25) is 5.91 Å². The van der Waals surface area contributed by atoms with E-state index in [0.29, 0.717) is 19.5 Å². The van der Waals surface area contributed by atoms with Crippen molar-refractivity contribution in [3.05, 3.63) is 17.0 Å². The van der Waals surface area contributed by atoms with Crippen LogP contribution >= 0.6 is 0 Å². The maximum atomic E-state index is 11.8. The standard InChI is InChI=1S/C12H19N3O2/c1-8-11(9(2)14(3)13-8)4-5-12(17)15-6-10(16)7-15/h10,16H,4-7H2,1-3H3. The maximum Gasteiger partial charge on any atom is 0.223 e. The van der Waals surface area contributed by atoms with Crippen molar-refractivity contribution in [2.24, 2.45) is 7.05 Å². The van der Waals surface area contributed by atoms with Crippen molar-refractivity contribution in [3.63, 3.8) is 0 Å². The fourth-order valence-electron chi connectivity index (χ4n) is 2.23. The van der Waals surface area contributed by atoms with E-state index in [4.69, 9.17) is 5.11 Å². The third-order valence-electron chi connectivity index (χ3n) is 3.46. The Bertz CT molecular complexity index is 433. The summed E-state index contributed by atoms with van der Waals surface area (Å²) in [5, 5.41) is 13.5. The first-order valence-corrected chi connectivity index (χ1v) is 5.94. The predicted molar refractivity (Wildman–Crippen MR) is 63.6 cm³/mol. The number of aliphatic hydroxyl groups excluding tert-OH is 1. The number of likely N-dealkylation sites (tertiary alicyclic amines) is 1. The molecule has 1 N–H and O–H groups in total. The average Bonchev–Trinajstić information content (AvgIpc) is 2.46. The Balaban J connectivity index is 1.91. The molecule has 1 amide bonds. The number of amides is 1. The van der Waals surface area contributed by atoms with Crippen LogP contribution in [0.1, 0.15) is 23.4 Å². The first kappa shape index (κ1) is 12.1. The van der Waals surface area contributed by atoms with Crippen LogP contribution in [-0.2, 0) is 18.3 Å². The molecule has 0 aliphatic carbocycles. The lowest BCUT2D eigenvalue weighted by molar-refractivity contribution is -0.141. The normalized spacial score (nSPS) is 16.1. The van der Waals surface area contributed by atoms with E-state index < -0.39 is 0 Å². The quantitative estimate of drug-likeness (QED) is 0.815. The highest BCUT2D eigenvalue weighted by Crippen LogP contribution is 2.16. The Morgan fingerprint density at radius 2 is 2.12 bits per heavy atom. The molecule has 0 bridgehead atoms. The highest BCUT2D eigenvalue weighted by molar-refractivity contribution is 5.77. The van der Waals surface area contributed by atoms with Gasteiger partial charge in [-0.2, -0.15) is 5.10 Å². The van der Waals surface area contributed by atoms with Crippen LogP contribution in [0.5, 0.6) is 0 Å². The topological polar surface area (TPSA) is 58.4 Å². The van der Waals surface area contributed by atoms with Gasteiger partial charge in [-0.05, 0) is 25.8 Å². The first-order valence-electron chi connectivity index (χ1n) is 5.94. The number of hydrogen-bond donors (Lipinski definition) is 1. The lowest BCUT2D eigenvalue weighted by Gasteiger charge is -2.35. The number of aryl methyl sites for hydroxylation is 2. The molecular weight excluding hydrogens is 218 g/mol. The second-order valence-electron chi connectivity index (χ2n) is 4.73. The van der Waals surface area contributed by atoms with Crippen molar-refractivity contribution < 1.29 is 9.90 Å². The molecule has 94 valence electrons. The minimum atomic E-state index is -0.319. The van der Waals surface area contributed by atoms with Gasteiger partial charge in [0.15, 0.2) is 0 Å². The second kappa shape index (κ2) is 4.49. The molecule has 0 aromatic carbocycles. The minimum Gasteiger partial charge on any atom is -0.389 e. The summed E-state index contributed by atoms with van der Waals surface area (Å²) in [5.74, 6) is 0.123. The van der Waals surface area contributed by atoms with Crippen molar-refractivity contribution in [2.75, 3.05) is 13.1 Å². The summed E-state index contributed by atoms with van der Waals surface area (Å²) >= 11 is 0. The van der Waals surface area contributed by atoms with Gasteiger partial charge in [0.25, 0.3) is 0 Å². The van der Waals surface area contributed by atoms with Crippen LogP contribution in [0, 0.1) is 13.8 Å². The van der Waals surface area contributed by atoms with Crippen LogP contribution in [0.4, 0.5) is 0 Å². The number of rotatable bonds is 3. The fraction of sp³-hybridized carbons (Fsp3) is 0.667.